The van der Waals surface area contributed by atoms with Crippen LogP contribution >= 0.6 is 22.6 Å². The number of hydrogen-bond donors (Lipinski definition) is 2. The Hall–Kier alpha value is -2.22. The van der Waals surface area contributed by atoms with E-state index in [-0.39, 0.29) is 11.2 Å². The number of nitrogens with zero attached hydrogens (tertiary/aromatic N) is 1. The van der Waals surface area contributed by atoms with Gasteiger partial charge in [0.15, 0.2) is 9.96 Å². The molecule has 2 heterocycles. The van der Waals surface area contributed by atoms with E-state index in [1.54, 1.807) is 34.9 Å². The van der Waals surface area contributed by atoms with Crippen molar-refractivity contribution in [1.82, 2.24) is 9.97 Å². The SMILES string of the molecule is CC1(C)CC(=O)c2c([nH]c(-c3ccnc(C(F)I)c3)c2Nc2ccccc2)C1. The van der Waals surface area contributed by atoms with Crippen LogP contribution in [0.5, 0.6) is 0 Å². The summed E-state index contributed by atoms with van der Waals surface area (Å²) < 4.78 is 12.6. The maximum Gasteiger partial charge on any atom is 0.192 e. The van der Waals surface area contributed by atoms with Crippen molar-refractivity contribution in [2.75, 3.05) is 5.32 Å². The lowest BCUT2D eigenvalue weighted by Crippen LogP contribution is -2.26. The predicted octanol–water partition coefficient (Wildman–Crippen LogP) is 6.38. The normalized spacial score (nSPS) is 16.5. The molecule has 3 aromatic rings. The number of para-hydroxylation sites is 1. The maximum atomic E-state index is 13.8. The van der Waals surface area contributed by atoms with Crippen LogP contribution in [0.2, 0.25) is 0 Å². The number of rotatable bonds is 4. The molecule has 0 bridgehead atoms. The van der Waals surface area contributed by atoms with Gasteiger partial charge in [-0.15, -0.1) is 0 Å². The third kappa shape index (κ3) is 3.70. The number of Topliss-reactive ketones (excluding diaryl/α,β-unsaturated/α-hetero) is 1. The van der Waals surface area contributed by atoms with Crippen LogP contribution < -0.4 is 5.32 Å². The van der Waals surface area contributed by atoms with Crippen molar-refractivity contribution in [3.8, 4) is 11.3 Å². The van der Waals surface area contributed by atoms with E-state index in [4.69, 9.17) is 0 Å². The molecule has 6 heteroatoms. The number of fused-ring (bicyclic) bond motifs is 1. The summed E-state index contributed by atoms with van der Waals surface area (Å²) in [4.78, 5) is 20.6. The quantitative estimate of drug-likeness (QED) is 0.331. The molecule has 2 N–H and O–H groups in total. The van der Waals surface area contributed by atoms with E-state index in [1.807, 2.05) is 36.4 Å². The van der Waals surface area contributed by atoms with E-state index in [1.165, 1.54) is 0 Å². The summed E-state index contributed by atoms with van der Waals surface area (Å²) in [7, 11) is 0. The summed E-state index contributed by atoms with van der Waals surface area (Å²) in [5.74, 6) is 0.124. The molecule has 1 atom stereocenters. The minimum atomic E-state index is -1.19. The van der Waals surface area contributed by atoms with E-state index >= 15 is 0 Å². The average molecular weight is 489 g/mol. The van der Waals surface area contributed by atoms with Crippen molar-refractivity contribution < 1.29 is 9.18 Å². The van der Waals surface area contributed by atoms with Gasteiger partial charge >= 0.3 is 0 Å². The number of aromatic amines is 1. The summed E-state index contributed by atoms with van der Waals surface area (Å²) >= 11 is 1.71. The maximum absolute atomic E-state index is 13.8. The van der Waals surface area contributed by atoms with Crippen LogP contribution in [0.25, 0.3) is 11.3 Å². The molecule has 28 heavy (non-hydrogen) atoms. The van der Waals surface area contributed by atoms with Gasteiger partial charge in [0.1, 0.15) is 0 Å². The second-order valence-electron chi connectivity index (χ2n) is 7.93. The molecule has 1 aliphatic carbocycles. The molecule has 0 amide bonds. The Morgan fingerprint density at radius 2 is 1.96 bits per heavy atom. The van der Waals surface area contributed by atoms with Crippen LogP contribution in [-0.4, -0.2) is 15.8 Å². The number of carbonyl (C=O) groups is 1. The summed E-state index contributed by atoms with van der Waals surface area (Å²) in [6.45, 7) is 4.21. The van der Waals surface area contributed by atoms with Crippen molar-refractivity contribution in [2.24, 2.45) is 5.41 Å². The fraction of sp³-hybridized carbons (Fsp3) is 0.273. The van der Waals surface area contributed by atoms with Gasteiger partial charge < -0.3 is 10.3 Å². The van der Waals surface area contributed by atoms with Crippen molar-refractivity contribution in [3.63, 3.8) is 0 Å². The first-order chi connectivity index (χ1) is 13.3. The molecular formula is C22H21FIN3O. The molecule has 1 aromatic carbocycles. The molecule has 4 rings (SSSR count). The average Bonchev–Trinajstić information content (AvgIpc) is 2.99. The smallest absolute Gasteiger partial charge is 0.192 e. The number of carbonyl (C=O) groups excluding carboxylic acids is 1. The number of ketones is 1. The minimum absolute atomic E-state index is 0.0914. The molecule has 0 aliphatic heterocycles. The predicted molar refractivity (Wildman–Crippen MR) is 118 cm³/mol. The molecule has 0 saturated carbocycles. The number of halogens is 2. The first-order valence-corrected chi connectivity index (χ1v) is 10.4. The summed E-state index contributed by atoms with van der Waals surface area (Å²) in [6, 6.07) is 13.3. The van der Waals surface area contributed by atoms with Gasteiger partial charge in [-0.05, 0) is 58.7 Å². The fourth-order valence-electron chi connectivity index (χ4n) is 3.79. The van der Waals surface area contributed by atoms with Crippen LogP contribution in [0, 0.1) is 5.41 Å². The molecule has 144 valence electrons. The second kappa shape index (κ2) is 7.31. The van der Waals surface area contributed by atoms with Gasteiger partial charge in [-0.3, -0.25) is 9.78 Å². The van der Waals surface area contributed by atoms with Crippen molar-refractivity contribution in [2.45, 2.75) is 30.9 Å². The zero-order valence-corrected chi connectivity index (χ0v) is 17.9. The van der Waals surface area contributed by atoms with Crippen LogP contribution in [0.15, 0.2) is 48.7 Å². The molecule has 1 aliphatic rings. The third-order valence-electron chi connectivity index (χ3n) is 4.99. The number of H-pyrrole nitrogens is 1. The Morgan fingerprint density at radius 1 is 1.21 bits per heavy atom. The molecule has 0 spiro atoms. The van der Waals surface area contributed by atoms with Crippen molar-refractivity contribution >= 4 is 39.7 Å². The Kier molecular flexibility index (Phi) is 4.99. The lowest BCUT2D eigenvalue weighted by atomic mass is 9.76. The first-order valence-electron chi connectivity index (χ1n) is 9.19. The summed E-state index contributed by atoms with van der Waals surface area (Å²) in [5.41, 5.74) is 5.16. The van der Waals surface area contributed by atoms with Crippen LogP contribution in [0.3, 0.4) is 0 Å². The highest BCUT2D eigenvalue weighted by Crippen LogP contribution is 2.43. The van der Waals surface area contributed by atoms with Gasteiger partial charge in [0.2, 0.25) is 0 Å². The number of aromatic nitrogens is 2. The molecule has 0 saturated heterocycles. The van der Waals surface area contributed by atoms with Crippen LogP contribution in [-0.2, 0) is 6.42 Å². The Bertz CT molecular complexity index is 1030. The number of anilines is 2. The van der Waals surface area contributed by atoms with E-state index in [9.17, 15) is 9.18 Å². The summed E-state index contributed by atoms with van der Waals surface area (Å²) in [6.07, 6.45) is 2.89. The Morgan fingerprint density at radius 3 is 2.68 bits per heavy atom. The van der Waals surface area contributed by atoms with Crippen LogP contribution in [0.4, 0.5) is 15.8 Å². The van der Waals surface area contributed by atoms with Crippen molar-refractivity contribution in [1.29, 1.82) is 0 Å². The van der Waals surface area contributed by atoms with E-state index in [0.29, 0.717) is 17.7 Å². The highest BCUT2D eigenvalue weighted by molar-refractivity contribution is 14.1. The molecular weight excluding hydrogens is 468 g/mol. The number of nitrogens with one attached hydrogen (secondary N) is 2. The third-order valence-corrected chi connectivity index (χ3v) is 5.63. The minimum Gasteiger partial charge on any atom is -0.356 e. The first kappa shape index (κ1) is 19.1. The largest absolute Gasteiger partial charge is 0.356 e. The van der Waals surface area contributed by atoms with Gasteiger partial charge in [0.05, 0.1) is 22.6 Å². The molecule has 4 nitrogen and oxygen atoms in total. The number of benzene rings is 1. The summed E-state index contributed by atoms with van der Waals surface area (Å²) in [5, 5.41) is 3.42. The number of hydrogen-bond acceptors (Lipinski definition) is 3. The topological polar surface area (TPSA) is 57.8 Å². The lowest BCUT2D eigenvalue weighted by Gasteiger charge is -2.28. The zero-order chi connectivity index (χ0) is 19.9. The van der Waals surface area contributed by atoms with E-state index < -0.39 is 4.18 Å². The Labute approximate surface area is 177 Å². The molecule has 0 radical (unpaired) electrons. The van der Waals surface area contributed by atoms with Gasteiger partial charge in [0, 0.05) is 29.6 Å². The highest BCUT2D eigenvalue weighted by atomic mass is 127. The standard InChI is InChI=1S/C22H21FIN3O/c1-22(2)11-16-18(17(28)12-22)20(26-14-6-4-3-5-7-14)19(27-16)13-8-9-25-15(10-13)21(23)24/h3-10,21,26-27H,11-12H2,1-2H3. The lowest BCUT2D eigenvalue weighted by molar-refractivity contribution is 0.0912. The van der Waals surface area contributed by atoms with Gasteiger partial charge in [-0.1, -0.05) is 32.0 Å². The van der Waals surface area contributed by atoms with E-state index in [0.717, 1.165) is 34.7 Å². The monoisotopic (exact) mass is 489 g/mol. The van der Waals surface area contributed by atoms with Crippen LogP contribution in [0.1, 0.15) is 46.2 Å². The zero-order valence-electron chi connectivity index (χ0n) is 15.7. The molecule has 2 aromatic heterocycles. The van der Waals surface area contributed by atoms with Gasteiger partial charge in [-0.2, -0.15) is 0 Å². The Balaban J connectivity index is 1.88. The highest BCUT2D eigenvalue weighted by Gasteiger charge is 2.35. The molecule has 1 unspecified atom stereocenters. The number of pyridine rings is 1. The fourth-order valence-corrected chi connectivity index (χ4v) is 4.13. The van der Waals surface area contributed by atoms with Gasteiger partial charge in [0.25, 0.3) is 0 Å². The number of alkyl halides is 2. The second-order valence-corrected chi connectivity index (χ2v) is 9.02. The van der Waals surface area contributed by atoms with E-state index in [2.05, 4.69) is 29.1 Å². The molecule has 0 fully saturated rings. The van der Waals surface area contributed by atoms with Crippen molar-refractivity contribution in [3.05, 3.63) is 65.6 Å². The van der Waals surface area contributed by atoms with Gasteiger partial charge in [-0.25, -0.2) is 4.39 Å².